The molecule has 0 saturated carbocycles. The highest BCUT2D eigenvalue weighted by Gasteiger charge is 2.53. The third-order valence-electron chi connectivity index (χ3n) is 22.8. The molecule has 604 valence electrons. The zero-order valence-corrected chi connectivity index (χ0v) is 66.8. The average molecular weight is 1540 g/mol. The van der Waals surface area contributed by atoms with Gasteiger partial charge in [-0.05, 0) is 45.8 Å². The lowest BCUT2D eigenvalue weighted by Gasteiger charge is -2.38. The van der Waals surface area contributed by atoms with Crippen LogP contribution >= 0.6 is 0 Å². The van der Waals surface area contributed by atoms with Crippen molar-refractivity contribution in [3.63, 3.8) is 0 Å². The summed E-state index contributed by atoms with van der Waals surface area (Å²) in [6, 6.07) is 1.06. The second-order valence-electron chi connectivity index (χ2n) is 31.4. The number of benzene rings is 4. The molecular formula is C83H109N5O23. The quantitative estimate of drug-likeness (QED) is 0.0486. The Morgan fingerprint density at radius 1 is 0.586 bits per heavy atom. The minimum Gasteiger partial charge on any atom is -0.507 e. The molecule has 4 aromatic rings. The van der Waals surface area contributed by atoms with Crippen molar-refractivity contribution < 1.29 is 113 Å². The molecule has 2 amide bonds. The second kappa shape index (κ2) is 33.9. The van der Waals surface area contributed by atoms with Crippen molar-refractivity contribution >= 4 is 68.2 Å². The maximum absolute atomic E-state index is 14.7. The van der Waals surface area contributed by atoms with Crippen molar-refractivity contribution in [1.82, 2.24) is 4.90 Å². The van der Waals surface area contributed by atoms with E-state index in [-0.39, 0.29) is 88.6 Å². The van der Waals surface area contributed by atoms with Gasteiger partial charge in [-0.15, -0.1) is 0 Å². The summed E-state index contributed by atoms with van der Waals surface area (Å²) in [5.41, 5.74) is -0.204. The van der Waals surface area contributed by atoms with Crippen LogP contribution in [-0.4, -0.2) is 186 Å². The first-order valence-corrected chi connectivity index (χ1v) is 37.6. The van der Waals surface area contributed by atoms with Crippen LogP contribution in [0.4, 0.5) is 11.4 Å². The molecular weight excluding hydrogens is 1430 g/mol. The predicted octanol–water partition coefficient (Wildman–Crippen LogP) is 9.50. The Bertz CT molecular complexity index is 4630. The topological polar surface area (TPSA) is 410 Å². The number of phenols is 5. The van der Waals surface area contributed by atoms with Crippen molar-refractivity contribution in [3.8, 4) is 40.2 Å². The number of aliphatic hydroxyl groups excluding tert-OH is 4. The highest BCUT2D eigenvalue weighted by Crippen LogP contribution is 2.55. The van der Waals surface area contributed by atoms with Gasteiger partial charge in [0, 0.05) is 161 Å². The van der Waals surface area contributed by atoms with Crippen LogP contribution in [0.1, 0.15) is 155 Å². The minimum absolute atomic E-state index is 0.0538. The molecule has 0 unspecified atom stereocenters. The zero-order chi connectivity index (χ0) is 82.3. The summed E-state index contributed by atoms with van der Waals surface area (Å²) in [6.45, 7) is 32.0. The van der Waals surface area contributed by atoms with E-state index in [1.54, 1.807) is 106 Å². The number of rotatable bonds is 6. The molecule has 18 atom stereocenters. The Balaban J connectivity index is 0.000000260. The summed E-state index contributed by atoms with van der Waals surface area (Å²) < 4.78 is 47.2. The molecule has 28 heteroatoms. The maximum Gasteiger partial charge on any atom is 0.312 e. The first-order chi connectivity index (χ1) is 52.0. The first kappa shape index (κ1) is 85.6. The molecule has 1 fully saturated rings. The maximum atomic E-state index is 14.7. The number of aliphatic hydroxyl groups is 4. The largest absolute Gasteiger partial charge is 0.507 e. The van der Waals surface area contributed by atoms with Gasteiger partial charge in [-0.25, -0.2) is 4.99 Å². The van der Waals surface area contributed by atoms with E-state index in [0.29, 0.717) is 24.4 Å². The number of nitrogens with zero attached hydrogens (tertiary/aromatic N) is 3. The van der Waals surface area contributed by atoms with Gasteiger partial charge in [-0.1, -0.05) is 106 Å². The number of carbonyl (C=O) groups is 6. The van der Waals surface area contributed by atoms with E-state index in [4.69, 9.17) is 42.9 Å². The monoisotopic (exact) mass is 1540 g/mol. The van der Waals surface area contributed by atoms with Gasteiger partial charge in [0.05, 0.1) is 82.4 Å². The van der Waals surface area contributed by atoms with Crippen LogP contribution < -0.4 is 30.8 Å². The van der Waals surface area contributed by atoms with Crippen molar-refractivity contribution in [3.05, 3.63) is 111 Å². The second-order valence-corrected chi connectivity index (χ2v) is 31.4. The molecule has 111 heavy (non-hydrogen) atoms. The number of phenolic OH excluding ortho intramolecular Hbond substituents is 5. The summed E-state index contributed by atoms with van der Waals surface area (Å²) in [5, 5.41) is 109. The lowest BCUT2D eigenvalue weighted by atomic mass is 9.78. The van der Waals surface area contributed by atoms with Crippen LogP contribution in [0.15, 0.2) is 88.3 Å². The van der Waals surface area contributed by atoms with Crippen LogP contribution in [0.2, 0.25) is 0 Å². The lowest BCUT2D eigenvalue weighted by molar-refractivity contribution is -0.161. The number of ketones is 2. The Morgan fingerprint density at radius 3 is 1.47 bits per heavy atom. The number of ether oxygens (including phenoxy) is 8. The van der Waals surface area contributed by atoms with Crippen LogP contribution in [0.3, 0.4) is 0 Å². The molecule has 0 aromatic heterocycles. The van der Waals surface area contributed by atoms with Crippen LogP contribution in [0.5, 0.6) is 40.2 Å². The van der Waals surface area contributed by atoms with Gasteiger partial charge in [0.25, 0.3) is 23.4 Å². The van der Waals surface area contributed by atoms with Crippen LogP contribution in [0, 0.1) is 67.1 Å². The number of piperidine rings is 1. The molecule has 11 N–H and O–H groups in total. The molecule has 28 nitrogen and oxygen atoms in total. The number of likely N-dealkylation sites (tertiary alicyclic amines) is 1. The van der Waals surface area contributed by atoms with Crippen molar-refractivity contribution in [2.24, 2.45) is 63.2 Å². The number of aromatic hydroxyl groups is 5. The highest BCUT2D eigenvalue weighted by molar-refractivity contribution is 6.23. The summed E-state index contributed by atoms with van der Waals surface area (Å²) in [7, 11) is 2.90. The third-order valence-corrected chi connectivity index (χ3v) is 22.8. The summed E-state index contributed by atoms with van der Waals surface area (Å²) >= 11 is 0. The molecule has 7 heterocycles. The molecule has 0 aliphatic carbocycles. The van der Waals surface area contributed by atoms with Crippen LogP contribution in [-0.2, 0) is 47.6 Å². The molecule has 7 aliphatic rings. The summed E-state index contributed by atoms with van der Waals surface area (Å²) in [4.78, 5) is 92.1. The van der Waals surface area contributed by atoms with E-state index in [1.807, 2.05) is 0 Å². The Morgan fingerprint density at radius 2 is 1.03 bits per heavy atom. The van der Waals surface area contributed by atoms with E-state index in [1.165, 1.54) is 80.4 Å². The van der Waals surface area contributed by atoms with Gasteiger partial charge in [-0.3, -0.25) is 33.8 Å². The van der Waals surface area contributed by atoms with Crippen molar-refractivity contribution in [2.45, 2.75) is 204 Å². The van der Waals surface area contributed by atoms with Gasteiger partial charge in [0.15, 0.2) is 11.5 Å². The number of fused-ring (bicyclic) bond motifs is 15. The third kappa shape index (κ3) is 16.9. The smallest absolute Gasteiger partial charge is 0.312 e. The van der Waals surface area contributed by atoms with Crippen LogP contribution in [0.25, 0.3) is 21.5 Å². The summed E-state index contributed by atoms with van der Waals surface area (Å²) in [5.74, 6) is -14.6. The molecule has 4 aromatic carbocycles. The molecule has 0 radical (unpaired) electrons. The van der Waals surface area contributed by atoms with E-state index < -0.39 is 172 Å². The number of esters is 2. The van der Waals surface area contributed by atoms with Gasteiger partial charge in [0.1, 0.15) is 57.3 Å². The number of nitrogens with one attached hydrogen (secondary N) is 2. The average Bonchev–Trinajstić information content (AvgIpc) is 1.55. The number of Topliss-reactive ketones (excluding diaryl/α,β-unsaturated/α-hetero) is 2. The number of carbonyl (C=O) groups excluding carboxylic acids is 6. The molecule has 9 bridgehead atoms. The Labute approximate surface area is 645 Å². The number of methoxy groups -OCH3 is 2. The van der Waals surface area contributed by atoms with E-state index in [0.717, 1.165) is 25.7 Å². The predicted molar refractivity (Wildman–Crippen MR) is 412 cm³/mol. The number of anilines is 2. The van der Waals surface area contributed by atoms with Crippen molar-refractivity contribution in [1.29, 1.82) is 0 Å². The van der Waals surface area contributed by atoms with Crippen molar-refractivity contribution in [2.75, 3.05) is 44.5 Å². The number of allylic oxidation sites excluding steroid dienone is 4. The highest BCUT2D eigenvalue weighted by atomic mass is 16.7. The number of hydrogen-bond acceptors (Lipinski definition) is 26. The van der Waals surface area contributed by atoms with E-state index in [9.17, 15) is 74.7 Å². The SMILES string of the molecule is CO[C@H]1/C=C\O[C@@]2(C)Oc3c(C)c(O)c4c(O)c(c5c(c4c3C2=O)NC2(CCN(CC(C)C)CC2)N=5)=NC(=O)/C(C)=C\C=C/[C@H](C)[C@H](O)[C@@H](C)[C@@H](O)[C@@H](C)[C@H](OC(C)=O)[C@@H]1C.CO[C@H]1/C=C\O[C@@]2(C)Oc3c(C)c(O)c4c(O)c(cc(O)c4c3C2=O)NC(=O)/C(C)=C\C=C/[C@H](C)[C@H](O)[C@@H](C)[C@@H](O)[C@@H](C)[C@H](OC(C)=O)[C@@H]1C. The molecule has 1 spiro atoms. The Hall–Kier alpha value is -9.42. The normalized spacial score (nSPS) is 32.9. The molecule has 7 aliphatic heterocycles. The molecule has 11 rings (SSSR count). The number of amides is 2. The van der Waals surface area contributed by atoms with Gasteiger partial charge >= 0.3 is 23.5 Å². The van der Waals surface area contributed by atoms with E-state index >= 15 is 0 Å². The fourth-order valence-corrected chi connectivity index (χ4v) is 15.9. The van der Waals surface area contributed by atoms with E-state index in [2.05, 4.69) is 34.4 Å². The summed E-state index contributed by atoms with van der Waals surface area (Å²) in [6.07, 6.45) is 8.69. The fourth-order valence-electron chi connectivity index (χ4n) is 15.9. The van der Waals surface area contributed by atoms with Gasteiger partial charge in [0.2, 0.25) is 0 Å². The standard InChI is InChI=1S/C46H62N4O11.C37H47NO12/c1-22(2)21-50-18-16-46(17-19-50)48-34-31-32-39(54)28(8)42-33(31)43(56)45(10,61-42)59-20-15-30(58-11)25(5)41(60-29(9)51)27(7)38(53)26(6)37(52)23(3)13-12-14-24(4)44(57)47-36(40(32)55)35(34)49-46;1-16-11-10-12-17(2)36(46)38-23-15-24(40)26-27(32(23)44)31(43)21(6)34-28(26)35(45)37(8,50-34)48-14-13-25(47-9)18(3)33(49-22(7)39)20(5)30(42)19(4)29(16)41/h12-15,20,22-23,25-27,30,37-38,41,48,52-55H,16-19,21H2,1-11H3;10-16,18-20,25,29-30,33,40-44H,1-9H3,(H,38,46)/b13-12-,20-15-,24-14-,47-36?;11-10-,14-13-,17-12-/t23-,25+,26+,27+,30-,37-,38+,41+,45-;16-,18+,19+,20+,25-,29-,30+,33+,37-/m00/s1. The molecule has 1 saturated heterocycles. The number of hydrogen-bond donors (Lipinski definition) is 11. The fraction of sp³-hybridized carbons (Fsp3) is 0.542. The minimum atomic E-state index is -1.98. The Kier molecular flexibility index (Phi) is 26.1. The van der Waals surface area contributed by atoms with Gasteiger partial charge < -0.3 is 99.4 Å². The lowest BCUT2D eigenvalue weighted by Crippen LogP contribution is -2.47. The zero-order valence-electron chi connectivity index (χ0n) is 66.8. The first-order valence-electron chi connectivity index (χ1n) is 37.6. The van der Waals surface area contributed by atoms with Gasteiger partial charge in [-0.2, -0.15) is 0 Å².